The quantitative estimate of drug-likeness (QED) is 0.527. The Morgan fingerprint density at radius 2 is 2.18 bits per heavy atom. The monoisotopic (exact) mass is 254 g/mol. The molecule has 0 bridgehead atoms. The maximum Gasteiger partial charge on any atom is 0.161 e. The second-order valence-corrected chi connectivity index (χ2v) is 4.82. The lowest BCUT2D eigenvalue weighted by Crippen LogP contribution is -2.01. The molecule has 0 radical (unpaired) electrons. The molecule has 1 rings (SSSR count). The summed E-state index contributed by atoms with van der Waals surface area (Å²) < 4.78 is 10.8. The molecule has 0 aliphatic heterocycles. The van der Waals surface area contributed by atoms with E-state index in [0.29, 0.717) is 23.7 Å². The van der Waals surface area contributed by atoms with Crippen molar-refractivity contribution in [1.82, 2.24) is 0 Å². The summed E-state index contributed by atoms with van der Waals surface area (Å²) in [4.78, 5) is 10.7. The van der Waals surface area contributed by atoms with E-state index in [9.17, 15) is 4.79 Å². The minimum atomic E-state index is 0.601. The first-order valence-electron chi connectivity index (χ1n) is 5.65. The normalized spacial score (nSPS) is 10.0. The third kappa shape index (κ3) is 4.69. The molecule has 0 N–H and O–H groups in total. The third-order valence-corrected chi connectivity index (χ3v) is 3.20. The van der Waals surface area contributed by atoms with E-state index in [-0.39, 0.29) is 0 Å². The van der Waals surface area contributed by atoms with E-state index in [1.54, 1.807) is 25.3 Å². The average molecular weight is 254 g/mol. The topological polar surface area (TPSA) is 35.5 Å². The number of thioether (sulfide) groups is 1. The van der Waals surface area contributed by atoms with Crippen molar-refractivity contribution in [1.29, 1.82) is 0 Å². The van der Waals surface area contributed by atoms with Crippen LogP contribution in [0.1, 0.15) is 23.7 Å². The lowest BCUT2D eigenvalue weighted by Gasteiger charge is -2.10. The van der Waals surface area contributed by atoms with Gasteiger partial charge in [-0.3, -0.25) is 4.79 Å². The Balaban J connectivity index is 2.52. The van der Waals surface area contributed by atoms with Crippen molar-refractivity contribution in [2.75, 3.05) is 25.2 Å². The van der Waals surface area contributed by atoms with Crippen molar-refractivity contribution < 1.29 is 14.3 Å². The third-order valence-electron chi connectivity index (χ3n) is 2.22. The first kappa shape index (κ1) is 13.9. The second-order valence-electron chi connectivity index (χ2n) is 3.43. The lowest BCUT2D eigenvalue weighted by atomic mass is 10.2. The van der Waals surface area contributed by atoms with Crippen molar-refractivity contribution in [3.63, 3.8) is 0 Å². The standard InChI is InChI=1S/C13H18O3S/c1-3-17-8-4-7-16-13-9-11(10-14)5-6-12(13)15-2/h5-6,9-10H,3-4,7-8H2,1-2H3. The SMILES string of the molecule is CCSCCCOc1cc(C=O)ccc1OC. The first-order chi connectivity index (χ1) is 8.31. The van der Waals surface area contributed by atoms with Gasteiger partial charge in [0, 0.05) is 5.56 Å². The Morgan fingerprint density at radius 1 is 1.35 bits per heavy atom. The molecule has 0 saturated heterocycles. The number of carbonyl (C=O) groups is 1. The molecule has 17 heavy (non-hydrogen) atoms. The predicted octanol–water partition coefficient (Wildman–Crippen LogP) is 3.03. The molecule has 0 atom stereocenters. The Labute approximate surface area is 106 Å². The van der Waals surface area contributed by atoms with Gasteiger partial charge < -0.3 is 9.47 Å². The van der Waals surface area contributed by atoms with Crippen LogP contribution >= 0.6 is 11.8 Å². The van der Waals surface area contributed by atoms with E-state index in [4.69, 9.17) is 9.47 Å². The largest absolute Gasteiger partial charge is 0.493 e. The molecule has 0 heterocycles. The number of benzene rings is 1. The molecule has 94 valence electrons. The number of methoxy groups -OCH3 is 1. The summed E-state index contributed by atoms with van der Waals surface area (Å²) in [5.41, 5.74) is 0.601. The summed E-state index contributed by atoms with van der Waals surface area (Å²) in [5, 5.41) is 0. The van der Waals surface area contributed by atoms with Gasteiger partial charge in [-0.25, -0.2) is 0 Å². The van der Waals surface area contributed by atoms with Crippen LogP contribution < -0.4 is 9.47 Å². The zero-order valence-corrected chi connectivity index (χ0v) is 11.1. The molecule has 0 amide bonds. The maximum absolute atomic E-state index is 10.7. The van der Waals surface area contributed by atoms with Crippen LogP contribution in [0.15, 0.2) is 18.2 Å². The van der Waals surface area contributed by atoms with Gasteiger partial charge in [0.2, 0.25) is 0 Å². The number of hydrogen-bond donors (Lipinski definition) is 0. The highest BCUT2D eigenvalue weighted by Crippen LogP contribution is 2.27. The molecule has 1 aromatic rings. The van der Waals surface area contributed by atoms with Crippen LogP contribution in [0.5, 0.6) is 11.5 Å². The highest BCUT2D eigenvalue weighted by molar-refractivity contribution is 7.99. The summed E-state index contributed by atoms with van der Waals surface area (Å²) in [7, 11) is 1.59. The minimum absolute atomic E-state index is 0.601. The summed E-state index contributed by atoms with van der Waals surface area (Å²) in [6.07, 6.45) is 1.80. The fourth-order valence-electron chi connectivity index (χ4n) is 1.37. The smallest absolute Gasteiger partial charge is 0.161 e. The first-order valence-corrected chi connectivity index (χ1v) is 6.81. The molecule has 1 aromatic carbocycles. The highest BCUT2D eigenvalue weighted by atomic mass is 32.2. The van der Waals surface area contributed by atoms with E-state index in [1.165, 1.54) is 0 Å². The number of ether oxygens (including phenoxy) is 2. The number of hydrogen-bond acceptors (Lipinski definition) is 4. The molecular formula is C13H18O3S. The maximum atomic E-state index is 10.7. The van der Waals surface area contributed by atoms with Crippen molar-refractivity contribution in [2.24, 2.45) is 0 Å². The fraction of sp³-hybridized carbons (Fsp3) is 0.462. The Kier molecular flexibility index (Phi) is 6.55. The zero-order chi connectivity index (χ0) is 12.5. The van der Waals surface area contributed by atoms with E-state index < -0.39 is 0 Å². The van der Waals surface area contributed by atoms with Gasteiger partial charge in [0.05, 0.1) is 13.7 Å². The summed E-state index contributed by atoms with van der Waals surface area (Å²) in [5.74, 6) is 3.52. The van der Waals surface area contributed by atoms with Crippen LogP contribution in [0.2, 0.25) is 0 Å². The van der Waals surface area contributed by atoms with Gasteiger partial charge in [-0.15, -0.1) is 0 Å². The van der Waals surface area contributed by atoms with Crippen LogP contribution in [0.25, 0.3) is 0 Å². The van der Waals surface area contributed by atoms with Crippen molar-refractivity contribution in [3.8, 4) is 11.5 Å². The molecule has 3 nitrogen and oxygen atoms in total. The van der Waals surface area contributed by atoms with Gasteiger partial charge in [0.15, 0.2) is 11.5 Å². The molecule has 0 spiro atoms. The molecule has 0 aromatic heterocycles. The van der Waals surface area contributed by atoms with Crippen LogP contribution in [0, 0.1) is 0 Å². The summed E-state index contributed by atoms with van der Waals surface area (Å²) in [6, 6.07) is 5.17. The number of rotatable bonds is 8. The molecule has 4 heteroatoms. The average Bonchev–Trinajstić information content (AvgIpc) is 2.38. The van der Waals surface area contributed by atoms with Crippen molar-refractivity contribution in [2.45, 2.75) is 13.3 Å². The summed E-state index contributed by atoms with van der Waals surface area (Å²) >= 11 is 1.89. The van der Waals surface area contributed by atoms with Crippen molar-refractivity contribution in [3.05, 3.63) is 23.8 Å². The van der Waals surface area contributed by atoms with Crippen LogP contribution in [0.4, 0.5) is 0 Å². The Hall–Kier alpha value is -1.16. The lowest BCUT2D eigenvalue weighted by molar-refractivity contribution is 0.112. The van der Waals surface area contributed by atoms with Gasteiger partial charge in [-0.1, -0.05) is 6.92 Å². The number of aldehydes is 1. The predicted molar refractivity (Wildman–Crippen MR) is 71.5 cm³/mol. The molecule has 0 unspecified atom stereocenters. The molecule has 0 aliphatic rings. The minimum Gasteiger partial charge on any atom is -0.493 e. The van der Waals surface area contributed by atoms with Gasteiger partial charge in [0.25, 0.3) is 0 Å². The van der Waals surface area contributed by atoms with E-state index in [1.807, 2.05) is 11.8 Å². The fourth-order valence-corrected chi connectivity index (χ4v) is 1.98. The summed E-state index contributed by atoms with van der Waals surface area (Å²) in [6.45, 7) is 2.79. The molecular weight excluding hydrogens is 236 g/mol. The highest BCUT2D eigenvalue weighted by Gasteiger charge is 2.05. The van der Waals surface area contributed by atoms with Gasteiger partial charge >= 0.3 is 0 Å². The zero-order valence-electron chi connectivity index (χ0n) is 10.3. The second kappa shape index (κ2) is 8.01. The van der Waals surface area contributed by atoms with Crippen LogP contribution in [-0.4, -0.2) is 31.5 Å². The van der Waals surface area contributed by atoms with E-state index >= 15 is 0 Å². The van der Waals surface area contributed by atoms with Gasteiger partial charge in [0.1, 0.15) is 6.29 Å². The van der Waals surface area contributed by atoms with Crippen LogP contribution in [-0.2, 0) is 0 Å². The Bertz CT molecular complexity index is 353. The molecule has 0 fully saturated rings. The van der Waals surface area contributed by atoms with E-state index in [0.717, 1.165) is 24.2 Å². The Morgan fingerprint density at radius 3 is 2.82 bits per heavy atom. The van der Waals surface area contributed by atoms with Crippen molar-refractivity contribution >= 4 is 18.0 Å². The number of carbonyl (C=O) groups excluding carboxylic acids is 1. The van der Waals surface area contributed by atoms with E-state index in [2.05, 4.69) is 6.92 Å². The molecule has 0 aliphatic carbocycles. The van der Waals surface area contributed by atoms with Gasteiger partial charge in [-0.2, -0.15) is 11.8 Å². The van der Waals surface area contributed by atoms with Crippen LogP contribution in [0.3, 0.4) is 0 Å². The molecule has 0 saturated carbocycles. The van der Waals surface area contributed by atoms with Gasteiger partial charge in [-0.05, 0) is 36.1 Å².